The highest BCUT2D eigenvalue weighted by Gasteiger charge is 2.21. The van der Waals surface area contributed by atoms with Crippen molar-refractivity contribution in [3.63, 3.8) is 0 Å². The number of amides is 1. The van der Waals surface area contributed by atoms with Gasteiger partial charge >= 0.3 is 6.01 Å². The van der Waals surface area contributed by atoms with E-state index in [1.54, 1.807) is 19.2 Å². The maximum absolute atomic E-state index is 11.5. The van der Waals surface area contributed by atoms with Crippen LogP contribution in [-0.2, 0) is 6.54 Å². The molecule has 122 valence electrons. The minimum absolute atomic E-state index is 0.0847. The fourth-order valence-corrected chi connectivity index (χ4v) is 2.92. The standard InChI is InChI=1S/C17H22N4O2/c1-18-15(22)13-9-7-12(8-10-13)11-19-17-21-20-16(23-17)14-5-3-2-4-6-14/h7-10,14H,2-6,11H2,1H3,(H,18,22)(H,19,21). The van der Waals surface area contributed by atoms with Gasteiger partial charge in [-0.1, -0.05) is 36.5 Å². The van der Waals surface area contributed by atoms with Crippen LogP contribution in [0.1, 0.15) is 59.8 Å². The SMILES string of the molecule is CNC(=O)c1ccc(CNc2nnc(C3CCCCC3)o2)cc1. The highest BCUT2D eigenvalue weighted by atomic mass is 16.4. The van der Waals surface area contributed by atoms with E-state index in [0.717, 1.165) is 24.3 Å². The first-order chi connectivity index (χ1) is 11.3. The Morgan fingerprint density at radius 3 is 2.61 bits per heavy atom. The Hall–Kier alpha value is -2.37. The zero-order valence-electron chi connectivity index (χ0n) is 13.3. The Bertz CT molecular complexity index is 645. The van der Waals surface area contributed by atoms with Gasteiger partial charge in [0.2, 0.25) is 5.89 Å². The summed E-state index contributed by atoms with van der Waals surface area (Å²) in [5.41, 5.74) is 1.70. The second-order valence-corrected chi connectivity index (χ2v) is 5.91. The van der Waals surface area contributed by atoms with Gasteiger partial charge in [0.05, 0.1) is 0 Å². The van der Waals surface area contributed by atoms with Crippen molar-refractivity contribution >= 4 is 11.9 Å². The Labute approximate surface area is 135 Å². The molecule has 0 radical (unpaired) electrons. The normalized spacial score (nSPS) is 15.3. The molecule has 2 N–H and O–H groups in total. The van der Waals surface area contributed by atoms with Crippen molar-refractivity contribution in [3.05, 3.63) is 41.3 Å². The Kier molecular flexibility index (Phi) is 4.90. The average molecular weight is 314 g/mol. The lowest BCUT2D eigenvalue weighted by Crippen LogP contribution is -2.17. The number of anilines is 1. The summed E-state index contributed by atoms with van der Waals surface area (Å²) in [6.45, 7) is 0.584. The Balaban J connectivity index is 1.56. The summed E-state index contributed by atoms with van der Waals surface area (Å²) in [4.78, 5) is 11.5. The topological polar surface area (TPSA) is 80.0 Å². The minimum atomic E-state index is -0.0847. The molecule has 1 aromatic heterocycles. The summed E-state index contributed by atoms with van der Waals surface area (Å²) < 4.78 is 5.73. The first-order valence-corrected chi connectivity index (χ1v) is 8.14. The number of rotatable bonds is 5. The van der Waals surface area contributed by atoms with Gasteiger partial charge in [0, 0.05) is 25.1 Å². The van der Waals surface area contributed by atoms with Crippen LogP contribution >= 0.6 is 0 Å². The van der Waals surface area contributed by atoms with Crippen LogP contribution in [0.5, 0.6) is 0 Å². The van der Waals surface area contributed by atoms with Crippen LogP contribution < -0.4 is 10.6 Å². The van der Waals surface area contributed by atoms with Gasteiger partial charge in [0.1, 0.15) is 0 Å². The molecule has 1 heterocycles. The largest absolute Gasteiger partial charge is 0.408 e. The zero-order valence-corrected chi connectivity index (χ0v) is 13.3. The zero-order chi connectivity index (χ0) is 16.1. The van der Waals surface area contributed by atoms with Crippen molar-refractivity contribution in [2.24, 2.45) is 0 Å². The van der Waals surface area contributed by atoms with Gasteiger partial charge in [0.25, 0.3) is 5.91 Å². The number of benzene rings is 1. The Morgan fingerprint density at radius 1 is 1.17 bits per heavy atom. The van der Waals surface area contributed by atoms with Gasteiger partial charge in [-0.15, -0.1) is 5.10 Å². The van der Waals surface area contributed by atoms with Crippen LogP contribution in [0, 0.1) is 0 Å². The molecule has 6 heteroatoms. The summed E-state index contributed by atoms with van der Waals surface area (Å²) in [6.07, 6.45) is 6.08. The fourth-order valence-electron chi connectivity index (χ4n) is 2.92. The maximum Gasteiger partial charge on any atom is 0.315 e. The molecule has 0 bridgehead atoms. The lowest BCUT2D eigenvalue weighted by Gasteiger charge is -2.17. The lowest BCUT2D eigenvalue weighted by atomic mass is 9.89. The van der Waals surface area contributed by atoms with Crippen molar-refractivity contribution in [1.82, 2.24) is 15.5 Å². The van der Waals surface area contributed by atoms with Crippen molar-refractivity contribution < 1.29 is 9.21 Å². The lowest BCUT2D eigenvalue weighted by molar-refractivity contribution is 0.0963. The van der Waals surface area contributed by atoms with E-state index in [2.05, 4.69) is 20.8 Å². The molecule has 0 aliphatic heterocycles. The number of carbonyl (C=O) groups is 1. The number of nitrogens with zero attached hydrogens (tertiary/aromatic N) is 2. The number of carbonyl (C=O) groups excluding carboxylic acids is 1. The summed E-state index contributed by atoms with van der Waals surface area (Å²) >= 11 is 0. The first-order valence-electron chi connectivity index (χ1n) is 8.14. The van der Waals surface area contributed by atoms with E-state index in [4.69, 9.17) is 4.42 Å². The third kappa shape index (κ3) is 3.88. The Morgan fingerprint density at radius 2 is 1.91 bits per heavy atom. The second-order valence-electron chi connectivity index (χ2n) is 5.91. The molecule has 1 aliphatic carbocycles. The molecule has 1 amide bonds. The average Bonchev–Trinajstić information content (AvgIpc) is 3.09. The molecule has 2 aromatic rings. The van der Waals surface area contributed by atoms with E-state index in [9.17, 15) is 4.79 Å². The van der Waals surface area contributed by atoms with Crippen molar-refractivity contribution in [1.29, 1.82) is 0 Å². The van der Waals surface area contributed by atoms with Crippen LogP contribution in [0.25, 0.3) is 0 Å². The van der Waals surface area contributed by atoms with Crippen LogP contribution in [0.4, 0.5) is 6.01 Å². The summed E-state index contributed by atoms with van der Waals surface area (Å²) in [6, 6.07) is 7.89. The maximum atomic E-state index is 11.5. The van der Waals surface area contributed by atoms with Gasteiger partial charge in [0.15, 0.2) is 0 Å². The molecule has 0 saturated heterocycles. The van der Waals surface area contributed by atoms with Gasteiger partial charge < -0.3 is 15.1 Å². The smallest absolute Gasteiger partial charge is 0.315 e. The van der Waals surface area contributed by atoms with E-state index < -0.39 is 0 Å². The predicted molar refractivity (Wildman–Crippen MR) is 87.3 cm³/mol. The van der Waals surface area contributed by atoms with Crippen LogP contribution in [-0.4, -0.2) is 23.2 Å². The predicted octanol–water partition coefficient (Wildman–Crippen LogP) is 3.09. The summed E-state index contributed by atoms with van der Waals surface area (Å²) in [5.74, 6) is 1.08. The fraction of sp³-hybridized carbons (Fsp3) is 0.471. The van der Waals surface area contributed by atoms with Crippen molar-refractivity contribution in [2.45, 2.75) is 44.6 Å². The van der Waals surface area contributed by atoms with Crippen molar-refractivity contribution in [2.75, 3.05) is 12.4 Å². The van der Waals surface area contributed by atoms with E-state index in [0.29, 0.717) is 24.0 Å². The molecule has 6 nitrogen and oxygen atoms in total. The molecular formula is C17H22N4O2. The molecular weight excluding hydrogens is 292 g/mol. The quantitative estimate of drug-likeness (QED) is 0.886. The van der Waals surface area contributed by atoms with E-state index >= 15 is 0 Å². The molecule has 3 rings (SSSR count). The monoisotopic (exact) mass is 314 g/mol. The number of nitrogens with one attached hydrogen (secondary N) is 2. The molecule has 1 aromatic carbocycles. The first kappa shape index (κ1) is 15.5. The van der Waals surface area contributed by atoms with E-state index in [1.807, 2.05) is 12.1 Å². The molecule has 0 spiro atoms. The minimum Gasteiger partial charge on any atom is -0.408 e. The van der Waals surface area contributed by atoms with Crippen LogP contribution in [0.3, 0.4) is 0 Å². The van der Waals surface area contributed by atoms with Gasteiger partial charge in [-0.05, 0) is 30.5 Å². The van der Waals surface area contributed by atoms with Gasteiger partial charge in [-0.25, -0.2) is 0 Å². The third-order valence-corrected chi connectivity index (χ3v) is 4.28. The summed E-state index contributed by atoms with van der Waals surface area (Å²) in [7, 11) is 1.62. The molecule has 1 fully saturated rings. The number of hydrogen-bond acceptors (Lipinski definition) is 5. The van der Waals surface area contributed by atoms with Crippen molar-refractivity contribution in [3.8, 4) is 0 Å². The van der Waals surface area contributed by atoms with Crippen LogP contribution in [0.2, 0.25) is 0 Å². The third-order valence-electron chi connectivity index (χ3n) is 4.28. The highest BCUT2D eigenvalue weighted by Crippen LogP contribution is 2.32. The molecule has 1 saturated carbocycles. The molecule has 23 heavy (non-hydrogen) atoms. The van der Waals surface area contributed by atoms with Crippen LogP contribution in [0.15, 0.2) is 28.7 Å². The highest BCUT2D eigenvalue weighted by molar-refractivity contribution is 5.93. The second kappa shape index (κ2) is 7.26. The summed E-state index contributed by atoms with van der Waals surface area (Å²) in [5, 5.41) is 14.0. The molecule has 0 unspecified atom stereocenters. The van der Waals surface area contributed by atoms with Gasteiger partial charge in [-0.3, -0.25) is 4.79 Å². The van der Waals surface area contributed by atoms with E-state index in [-0.39, 0.29) is 5.91 Å². The molecule has 0 atom stereocenters. The van der Waals surface area contributed by atoms with Gasteiger partial charge in [-0.2, -0.15) is 0 Å². The number of hydrogen-bond donors (Lipinski definition) is 2. The number of aromatic nitrogens is 2. The molecule has 1 aliphatic rings. The van der Waals surface area contributed by atoms with E-state index in [1.165, 1.54) is 19.3 Å².